The fourth-order valence-corrected chi connectivity index (χ4v) is 3.36. The van der Waals surface area contributed by atoms with Gasteiger partial charge in [0, 0.05) is 30.0 Å². The monoisotopic (exact) mass is 309 g/mol. The summed E-state index contributed by atoms with van der Waals surface area (Å²) >= 11 is 1.48. The molecular formula is C13H15N3O4S. The smallest absolute Gasteiger partial charge is 0.305 e. The maximum absolute atomic E-state index is 12.5. The number of ether oxygens (including phenoxy) is 1. The molecule has 1 saturated heterocycles. The predicted octanol–water partition coefficient (Wildman–Crippen LogP) is 0.640. The van der Waals surface area contributed by atoms with Gasteiger partial charge in [0.1, 0.15) is 0 Å². The number of carboxylic acid groups (broad SMARTS) is 1. The Hall–Kier alpha value is -1.93. The Kier molecular flexibility index (Phi) is 3.89. The van der Waals surface area contributed by atoms with Gasteiger partial charge in [-0.05, 0) is 0 Å². The van der Waals surface area contributed by atoms with Gasteiger partial charge in [-0.25, -0.2) is 4.98 Å². The zero-order valence-corrected chi connectivity index (χ0v) is 12.1. The van der Waals surface area contributed by atoms with Gasteiger partial charge in [0.25, 0.3) is 0 Å². The zero-order valence-electron chi connectivity index (χ0n) is 11.3. The Morgan fingerprint density at radius 1 is 1.52 bits per heavy atom. The fraction of sp³-hybridized carbons (Fsp3) is 0.462. The second kappa shape index (κ2) is 5.82. The first-order valence-electron chi connectivity index (χ1n) is 6.63. The second-order valence-electron chi connectivity index (χ2n) is 4.90. The van der Waals surface area contributed by atoms with E-state index >= 15 is 0 Å². The van der Waals surface area contributed by atoms with Crippen molar-refractivity contribution in [2.24, 2.45) is 0 Å². The molecule has 0 spiro atoms. The minimum Gasteiger partial charge on any atom is -0.481 e. The van der Waals surface area contributed by atoms with Gasteiger partial charge < -0.3 is 14.7 Å². The molecule has 7 nitrogen and oxygen atoms in total. The number of aliphatic carboxylic acids is 1. The van der Waals surface area contributed by atoms with Crippen molar-refractivity contribution in [1.82, 2.24) is 14.3 Å². The number of hydrogen-bond acceptors (Lipinski definition) is 5. The summed E-state index contributed by atoms with van der Waals surface area (Å²) in [6.07, 6.45) is 3.67. The highest BCUT2D eigenvalue weighted by Gasteiger charge is 2.29. The van der Waals surface area contributed by atoms with Gasteiger partial charge in [0.2, 0.25) is 5.91 Å². The molecule has 3 rings (SSSR count). The highest BCUT2D eigenvalue weighted by molar-refractivity contribution is 7.15. The summed E-state index contributed by atoms with van der Waals surface area (Å²) in [5.74, 6) is -0.992. The van der Waals surface area contributed by atoms with E-state index < -0.39 is 5.97 Å². The Labute approximate surface area is 124 Å². The first-order chi connectivity index (χ1) is 10.1. The minimum absolute atomic E-state index is 0.0713. The van der Waals surface area contributed by atoms with Crippen molar-refractivity contribution in [3.05, 3.63) is 23.5 Å². The highest BCUT2D eigenvalue weighted by Crippen LogP contribution is 2.18. The molecule has 0 aromatic carbocycles. The van der Waals surface area contributed by atoms with Crippen molar-refractivity contribution in [3.63, 3.8) is 0 Å². The Balaban J connectivity index is 1.73. The third kappa shape index (κ3) is 2.91. The molecule has 112 valence electrons. The first-order valence-corrected chi connectivity index (χ1v) is 7.51. The van der Waals surface area contributed by atoms with Crippen molar-refractivity contribution in [2.45, 2.75) is 18.9 Å². The standard InChI is InChI=1S/C13H15N3O4S/c17-11(5-10-8-21-13-14-1-2-16(10)13)15-3-4-20-7-9(15)6-12(18)19/h1-2,8-9H,3-7H2,(H,18,19). The van der Waals surface area contributed by atoms with E-state index in [1.54, 1.807) is 11.1 Å². The van der Waals surface area contributed by atoms with Crippen LogP contribution in [-0.4, -0.2) is 57.1 Å². The normalized spacial score (nSPS) is 19.0. The molecule has 0 bridgehead atoms. The minimum atomic E-state index is -0.921. The molecule has 1 aliphatic rings. The molecule has 0 aliphatic carbocycles. The molecule has 1 fully saturated rings. The van der Waals surface area contributed by atoms with E-state index in [2.05, 4.69) is 4.98 Å². The lowest BCUT2D eigenvalue weighted by Crippen LogP contribution is -2.50. The average molecular weight is 309 g/mol. The maximum Gasteiger partial charge on any atom is 0.305 e. The Morgan fingerprint density at radius 3 is 3.19 bits per heavy atom. The van der Waals surface area contributed by atoms with E-state index in [4.69, 9.17) is 9.84 Å². The van der Waals surface area contributed by atoms with E-state index in [1.807, 2.05) is 16.0 Å². The molecule has 8 heteroatoms. The number of nitrogens with zero attached hydrogens (tertiary/aromatic N) is 3. The number of rotatable bonds is 4. The lowest BCUT2D eigenvalue weighted by atomic mass is 10.1. The SMILES string of the molecule is O=C(O)CC1COCCN1C(=O)Cc1csc2nccn12. The number of amides is 1. The summed E-state index contributed by atoms with van der Waals surface area (Å²) in [5.41, 5.74) is 0.873. The second-order valence-corrected chi connectivity index (χ2v) is 5.73. The third-order valence-corrected chi connectivity index (χ3v) is 4.41. The third-order valence-electron chi connectivity index (χ3n) is 3.51. The van der Waals surface area contributed by atoms with E-state index in [1.165, 1.54) is 11.3 Å². The number of carbonyl (C=O) groups is 2. The lowest BCUT2D eigenvalue weighted by molar-refractivity contribution is -0.145. The van der Waals surface area contributed by atoms with Crippen molar-refractivity contribution < 1.29 is 19.4 Å². The van der Waals surface area contributed by atoms with Crippen LogP contribution in [0.25, 0.3) is 4.96 Å². The van der Waals surface area contributed by atoms with Gasteiger partial charge in [-0.1, -0.05) is 0 Å². The maximum atomic E-state index is 12.5. The number of carbonyl (C=O) groups excluding carboxylic acids is 1. The Bertz CT molecular complexity index is 665. The first kappa shape index (κ1) is 14.0. The summed E-state index contributed by atoms with van der Waals surface area (Å²) in [6, 6.07) is -0.388. The van der Waals surface area contributed by atoms with E-state index in [0.29, 0.717) is 13.2 Å². The average Bonchev–Trinajstić information content (AvgIpc) is 3.03. The van der Waals surface area contributed by atoms with Crippen LogP contribution < -0.4 is 0 Å². The molecular weight excluding hydrogens is 294 g/mol. The van der Waals surface area contributed by atoms with Crippen LogP contribution in [-0.2, 0) is 20.7 Å². The number of carboxylic acids is 1. The largest absolute Gasteiger partial charge is 0.481 e. The number of aromatic nitrogens is 2. The number of thiazole rings is 1. The molecule has 0 radical (unpaired) electrons. The van der Waals surface area contributed by atoms with E-state index in [9.17, 15) is 9.59 Å². The highest BCUT2D eigenvalue weighted by atomic mass is 32.1. The summed E-state index contributed by atoms with van der Waals surface area (Å²) in [6.45, 7) is 1.17. The fourth-order valence-electron chi connectivity index (χ4n) is 2.51. The van der Waals surface area contributed by atoms with Crippen LogP contribution >= 0.6 is 11.3 Å². The van der Waals surface area contributed by atoms with Crippen molar-refractivity contribution in [1.29, 1.82) is 0 Å². The van der Waals surface area contributed by atoms with Crippen LogP contribution in [0, 0.1) is 0 Å². The molecule has 0 saturated carbocycles. The number of fused-ring (bicyclic) bond motifs is 1. The van der Waals surface area contributed by atoms with Crippen LogP contribution in [0.3, 0.4) is 0 Å². The molecule has 21 heavy (non-hydrogen) atoms. The van der Waals surface area contributed by atoms with Crippen molar-refractivity contribution >= 4 is 28.2 Å². The van der Waals surface area contributed by atoms with Crippen molar-refractivity contribution in [2.75, 3.05) is 19.8 Å². The van der Waals surface area contributed by atoms with Gasteiger partial charge in [-0.2, -0.15) is 0 Å². The van der Waals surface area contributed by atoms with Gasteiger partial charge in [-0.15, -0.1) is 11.3 Å². The quantitative estimate of drug-likeness (QED) is 0.896. The van der Waals surface area contributed by atoms with Gasteiger partial charge >= 0.3 is 5.97 Å². The molecule has 2 aromatic heterocycles. The van der Waals surface area contributed by atoms with Crippen LogP contribution in [0.1, 0.15) is 12.1 Å². The summed E-state index contributed by atoms with van der Waals surface area (Å²) in [4.78, 5) is 30.0. The van der Waals surface area contributed by atoms with Crippen LogP contribution in [0.4, 0.5) is 0 Å². The van der Waals surface area contributed by atoms with Gasteiger partial charge in [0.05, 0.1) is 32.1 Å². The molecule has 3 heterocycles. The van der Waals surface area contributed by atoms with E-state index in [-0.39, 0.29) is 31.4 Å². The Morgan fingerprint density at radius 2 is 2.38 bits per heavy atom. The number of imidazole rings is 1. The molecule has 1 aliphatic heterocycles. The number of hydrogen-bond donors (Lipinski definition) is 1. The van der Waals surface area contributed by atoms with Gasteiger partial charge in [0.15, 0.2) is 4.96 Å². The summed E-state index contributed by atoms with van der Waals surface area (Å²) in [7, 11) is 0. The van der Waals surface area contributed by atoms with Crippen LogP contribution in [0.15, 0.2) is 17.8 Å². The summed E-state index contributed by atoms with van der Waals surface area (Å²) < 4.78 is 7.17. The molecule has 1 N–H and O–H groups in total. The topological polar surface area (TPSA) is 84.1 Å². The molecule has 1 unspecified atom stereocenters. The van der Waals surface area contributed by atoms with E-state index in [0.717, 1.165) is 10.7 Å². The van der Waals surface area contributed by atoms with Gasteiger partial charge in [-0.3, -0.25) is 14.0 Å². The van der Waals surface area contributed by atoms with Crippen LogP contribution in [0.2, 0.25) is 0 Å². The molecule has 1 amide bonds. The zero-order chi connectivity index (χ0) is 14.8. The number of morpholine rings is 1. The molecule has 1 atom stereocenters. The summed E-state index contributed by atoms with van der Waals surface area (Å²) in [5, 5.41) is 10.8. The lowest BCUT2D eigenvalue weighted by Gasteiger charge is -2.34. The predicted molar refractivity (Wildman–Crippen MR) is 75.3 cm³/mol. The van der Waals surface area contributed by atoms with Crippen LogP contribution in [0.5, 0.6) is 0 Å². The van der Waals surface area contributed by atoms with Crippen molar-refractivity contribution in [3.8, 4) is 0 Å². The molecule has 2 aromatic rings.